The molecule has 3 rings (SSSR count). The fraction of sp³-hybridized carbons (Fsp3) is 0.312. The van der Waals surface area contributed by atoms with E-state index in [0.29, 0.717) is 35.4 Å². The van der Waals surface area contributed by atoms with Crippen LogP contribution in [-0.4, -0.2) is 0 Å². The number of halogens is 4. The van der Waals surface area contributed by atoms with Gasteiger partial charge in [0, 0.05) is 16.7 Å². The van der Waals surface area contributed by atoms with Crippen molar-refractivity contribution in [3.63, 3.8) is 0 Å². The molecule has 0 heterocycles. The van der Waals surface area contributed by atoms with E-state index in [9.17, 15) is 8.78 Å². The molecular formula is C32H34F4. The summed E-state index contributed by atoms with van der Waals surface area (Å²) < 4.78 is 59.7. The predicted molar refractivity (Wildman–Crippen MR) is 143 cm³/mol. The van der Waals surface area contributed by atoms with E-state index in [1.807, 2.05) is 12.2 Å². The maximum Gasteiger partial charge on any atom is 0.166 e. The second-order valence-electron chi connectivity index (χ2n) is 9.43. The summed E-state index contributed by atoms with van der Waals surface area (Å²) in [5.74, 6) is -3.17. The Morgan fingerprint density at radius 2 is 1.72 bits per heavy atom. The largest absolute Gasteiger partial charge is 0.203 e. The third kappa shape index (κ3) is 6.34. The number of benzene rings is 2. The van der Waals surface area contributed by atoms with Crippen molar-refractivity contribution in [1.82, 2.24) is 0 Å². The predicted octanol–water partition coefficient (Wildman–Crippen LogP) is 10.4. The maximum atomic E-state index is 15.1. The van der Waals surface area contributed by atoms with Crippen LogP contribution in [0.15, 0.2) is 90.6 Å². The first kappa shape index (κ1) is 27.4. The van der Waals surface area contributed by atoms with Gasteiger partial charge in [0.1, 0.15) is 0 Å². The van der Waals surface area contributed by atoms with Gasteiger partial charge < -0.3 is 0 Å². The van der Waals surface area contributed by atoms with E-state index in [4.69, 9.17) is 0 Å². The van der Waals surface area contributed by atoms with Crippen molar-refractivity contribution in [2.75, 3.05) is 0 Å². The van der Waals surface area contributed by atoms with Crippen LogP contribution in [-0.2, 0) is 6.42 Å². The van der Waals surface area contributed by atoms with Gasteiger partial charge in [0.25, 0.3) is 0 Å². The molecule has 0 N–H and O–H groups in total. The van der Waals surface area contributed by atoms with Crippen LogP contribution in [0.5, 0.6) is 0 Å². The van der Waals surface area contributed by atoms with Crippen LogP contribution in [0.25, 0.3) is 16.7 Å². The molecule has 0 saturated heterocycles. The molecule has 1 aliphatic carbocycles. The number of hydrogen-bond acceptors (Lipinski definition) is 0. The zero-order valence-corrected chi connectivity index (χ0v) is 21.1. The first-order valence-electron chi connectivity index (χ1n) is 12.6. The van der Waals surface area contributed by atoms with Crippen LogP contribution in [0.2, 0.25) is 0 Å². The van der Waals surface area contributed by atoms with Gasteiger partial charge in [0.15, 0.2) is 23.3 Å². The molecule has 1 atom stereocenters. The highest BCUT2D eigenvalue weighted by Gasteiger charge is 2.21. The molecule has 0 fully saturated rings. The minimum atomic E-state index is -1.02. The van der Waals surface area contributed by atoms with Gasteiger partial charge in [-0.15, -0.1) is 6.58 Å². The number of rotatable bonds is 10. The van der Waals surface area contributed by atoms with E-state index in [2.05, 4.69) is 20.1 Å². The Hall–Kier alpha value is -3.14. The van der Waals surface area contributed by atoms with Gasteiger partial charge in [0.05, 0.1) is 0 Å². The van der Waals surface area contributed by atoms with E-state index < -0.39 is 23.3 Å². The van der Waals surface area contributed by atoms with Crippen LogP contribution in [0, 0.1) is 17.6 Å². The first-order chi connectivity index (χ1) is 17.3. The maximum absolute atomic E-state index is 15.1. The number of hydrogen-bond donors (Lipinski definition) is 0. The lowest BCUT2D eigenvalue weighted by molar-refractivity contribution is 0.499. The molecule has 0 nitrogen and oxygen atoms in total. The molecule has 4 heteroatoms. The number of allylic oxidation sites excluding steroid dienone is 8. The van der Waals surface area contributed by atoms with Crippen molar-refractivity contribution in [2.45, 2.75) is 58.8 Å². The Balaban J connectivity index is 1.79. The van der Waals surface area contributed by atoms with Crippen molar-refractivity contribution >= 4 is 5.57 Å². The average Bonchev–Trinajstić information content (AvgIpc) is 2.89. The van der Waals surface area contributed by atoms with Crippen molar-refractivity contribution in [1.29, 1.82) is 0 Å². The zero-order valence-electron chi connectivity index (χ0n) is 21.1. The van der Waals surface area contributed by atoms with Crippen LogP contribution in [0.3, 0.4) is 0 Å². The molecule has 0 bridgehead atoms. The minimum Gasteiger partial charge on any atom is -0.203 e. The van der Waals surface area contributed by atoms with Crippen LogP contribution in [0.1, 0.15) is 63.5 Å². The van der Waals surface area contributed by atoms with Gasteiger partial charge in [-0.3, -0.25) is 0 Å². The molecular weight excluding hydrogens is 460 g/mol. The minimum absolute atomic E-state index is 0.0929. The molecule has 190 valence electrons. The Labute approximate surface area is 212 Å². The third-order valence-corrected chi connectivity index (χ3v) is 6.81. The number of unbranched alkanes of at least 4 members (excludes halogenated alkanes) is 2. The standard InChI is InChI=1S/C32H34F4/c1-5-7-8-9-10-26-19-20-28(32(36)30(26)34)25-17-15-23(16-18-25)22(4)29(33)31(35)27(6-2)24-13-11-21(3)12-14-24/h5-6,13,15-21H,1,4,7-12,14H2,2-3H3/b27-6-,31-29-. The van der Waals surface area contributed by atoms with Crippen molar-refractivity contribution in [3.05, 3.63) is 113 Å². The molecule has 2 aromatic rings. The van der Waals surface area contributed by atoms with Gasteiger partial charge in [-0.05, 0) is 80.1 Å². The summed E-state index contributed by atoms with van der Waals surface area (Å²) in [6, 6.07) is 9.38. The van der Waals surface area contributed by atoms with E-state index in [0.717, 1.165) is 37.7 Å². The fourth-order valence-electron chi connectivity index (χ4n) is 4.50. The molecule has 36 heavy (non-hydrogen) atoms. The van der Waals surface area contributed by atoms with E-state index in [-0.39, 0.29) is 16.7 Å². The molecule has 1 aliphatic rings. The second kappa shape index (κ2) is 12.7. The van der Waals surface area contributed by atoms with Gasteiger partial charge in [0.2, 0.25) is 0 Å². The first-order valence-corrected chi connectivity index (χ1v) is 12.6. The molecule has 0 spiro atoms. The highest BCUT2D eigenvalue weighted by molar-refractivity contribution is 5.78. The zero-order chi connectivity index (χ0) is 26.2. The van der Waals surface area contributed by atoms with E-state index >= 15 is 8.78 Å². The summed E-state index contributed by atoms with van der Waals surface area (Å²) in [5.41, 5.74) is 2.26. The highest BCUT2D eigenvalue weighted by Crippen LogP contribution is 2.37. The molecule has 0 aromatic heterocycles. The molecule has 0 saturated carbocycles. The second-order valence-corrected chi connectivity index (χ2v) is 9.43. The van der Waals surface area contributed by atoms with Crippen molar-refractivity contribution in [2.24, 2.45) is 5.92 Å². The summed E-state index contributed by atoms with van der Waals surface area (Å²) in [7, 11) is 0. The fourth-order valence-corrected chi connectivity index (χ4v) is 4.50. The lowest BCUT2D eigenvalue weighted by Gasteiger charge is -2.20. The summed E-state index contributed by atoms with van der Waals surface area (Å²) in [4.78, 5) is 0. The highest BCUT2D eigenvalue weighted by atomic mass is 19.2. The summed E-state index contributed by atoms with van der Waals surface area (Å²) in [6.07, 6.45) is 10.8. The third-order valence-electron chi connectivity index (χ3n) is 6.81. The van der Waals surface area contributed by atoms with Crippen molar-refractivity contribution < 1.29 is 17.6 Å². The quantitative estimate of drug-likeness (QED) is 0.133. The Kier molecular flexibility index (Phi) is 9.69. The molecule has 2 aromatic carbocycles. The van der Waals surface area contributed by atoms with Gasteiger partial charge in [-0.25, -0.2) is 17.6 Å². The molecule has 0 radical (unpaired) electrons. The molecule has 1 unspecified atom stereocenters. The monoisotopic (exact) mass is 494 g/mol. The van der Waals surface area contributed by atoms with E-state index in [1.54, 1.807) is 49.4 Å². The Morgan fingerprint density at radius 3 is 2.33 bits per heavy atom. The molecule has 0 amide bonds. The molecule has 0 aliphatic heterocycles. The number of aryl methyl sites for hydroxylation is 1. The topological polar surface area (TPSA) is 0 Å². The van der Waals surface area contributed by atoms with E-state index in [1.165, 1.54) is 0 Å². The summed E-state index contributed by atoms with van der Waals surface area (Å²) in [5, 5.41) is 0. The smallest absolute Gasteiger partial charge is 0.166 e. The lowest BCUT2D eigenvalue weighted by Crippen LogP contribution is -2.04. The van der Waals surface area contributed by atoms with Crippen LogP contribution in [0.4, 0.5) is 17.6 Å². The summed E-state index contributed by atoms with van der Waals surface area (Å²) in [6.45, 7) is 11.2. The van der Waals surface area contributed by atoms with Crippen LogP contribution < -0.4 is 0 Å². The van der Waals surface area contributed by atoms with Gasteiger partial charge in [-0.2, -0.15) is 0 Å². The van der Waals surface area contributed by atoms with Crippen molar-refractivity contribution in [3.8, 4) is 11.1 Å². The average molecular weight is 495 g/mol. The Morgan fingerprint density at radius 1 is 1.00 bits per heavy atom. The lowest BCUT2D eigenvalue weighted by atomic mass is 9.86. The normalized spacial score (nSPS) is 16.9. The Bertz CT molecular complexity index is 1200. The SMILES string of the molecule is C=CCCCCc1ccc(-c2ccc(C(=C)/C(F)=C(F)\C(=C/C)C3=CCC(C)CC3)cc2)c(F)c1F. The summed E-state index contributed by atoms with van der Waals surface area (Å²) >= 11 is 0. The van der Waals surface area contributed by atoms with Gasteiger partial charge in [-0.1, -0.05) is 68.1 Å². The van der Waals surface area contributed by atoms with Gasteiger partial charge >= 0.3 is 0 Å². The van der Waals surface area contributed by atoms with Crippen LogP contribution >= 0.6 is 0 Å².